The Morgan fingerprint density at radius 1 is 1.25 bits per heavy atom. The van der Waals surface area contributed by atoms with Crippen molar-refractivity contribution in [3.05, 3.63) is 33.9 Å². The Kier molecular flexibility index (Phi) is 3.42. The van der Waals surface area contributed by atoms with Gasteiger partial charge < -0.3 is 9.47 Å². The van der Waals surface area contributed by atoms with E-state index < -0.39 is 0 Å². The van der Waals surface area contributed by atoms with Gasteiger partial charge in [-0.15, -0.1) is 6.42 Å². The molecule has 0 amide bonds. The van der Waals surface area contributed by atoms with Gasteiger partial charge in [0, 0.05) is 31.2 Å². The van der Waals surface area contributed by atoms with Gasteiger partial charge in [0.1, 0.15) is 5.56 Å². The molecule has 4 rings (SSSR count). The lowest BCUT2D eigenvalue weighted by Crippen LogP contribution is -2.44. The van der Waals surface area contributed by atoms with Gasteiger partial charge in [-0.3, -0.25) is 9.78 Å². The lowest BCUT2D eigenvalue weighted by Gasteiger charge is -2.48. The average Bonchev–Trinajstić information content (AvgIpc) is 2.56. The summed E-state index contributed by atoms with van der Waals surface area (Å²) in [6.07, 6.45) is 14.0. The van der Waals surface area contributed by atoms with Crippen LogP contribution in [0.25, 0.3) is 10.9 Å². The van der Waals surface area contributed by atoms with Crippen LogP contribution in [0, 0.1) is 24.7 Å². The maximum atomic E-state index is 12.7. The summed E-state index contributed by atoms with van der Waals surface area (Å²) in [4.78, 5) is 19.4. The topological polar surface area (TPSA) is 38.1 Å². The van der Waals surface area contributed by atoms with Crippen molar-refractivity contribution in [2.75, 3.05) is 18.0 Å². The highest BCUT2D eigenvalue weighted by atomic mass is 16.1. The van der Waals surface area contributed by atoms with E-state index in [-0.39, 0.29) is 5.56 Å². The van der Waals surface area contributed by atoms with Gasteiger partial charge in [0.05, 0.1) is 17.4 Å². The van der Waals surface area contributed by atoms with Crippen molar-refractivity contribution in [2.45, 2.75) is 39.0 Å². The van der Waals surface area contributed by atoms with Crippen LogP contribution in [-0.4, -0.2) is 22.6 Å². The predicted octanol–water partition coefficient (Wildman–Crippen LogP) is 2.99. The normalized spacial score (nSPS) is 19.3. The third-order valence-electron chi connectivity index (χ3n) is 6.09. The molecule has 0 N–H and O–H groups in total. The smallest absolute Gasteiger partial charge is 0.268 e. The van der Waals surface area contributed by atoms with E-state index in [1.807, 2.05) is 6.92 Å². The second kappa shape index (κ2) is 5.37. The first kappa shape index (κ1) is 15.3. The molecule has 4 nitrogen and oxygen atoms in total. The molecule has 0 bridgehead atoms. The van der Waals surface area contributed by atoms with Crippen LogP contribution in [-0.2, 0) is 7.05 Å². The zero-order chi connectivity index (χ0) is 16.9. The van der Waals surface area contributed by atoms with Crippen molar-refractivity contribution in [3.8, 4) is 12.3 Å². The summed E-state index contributed by atoms with van der Waals surface area (Å²) in [5, 5.41) is 1.04. The third kappa shape index (κ3) is 2.15. The van der Waals surface area contributed by atoms with E-state index in [0.717, 1.165) is 35.4 Å². The number of terminal acetylenes is 1. The van der Waals surface area contributed by atoms with Gasteiger partial charge in [0.2, 0.25) is 0 Å². The summed E-state index contributed by atoms with van der Waals surface area (Å²) in [6.45, 7) is 3.94. The number of anilines is 1. The number of piperidine rings is 1. The van der Waals surface area contributed by atoms with Crippen LogP contribution in [0.5, 0.6) is 0 Å². The van der Waals surface area contributed by atoms with Gasteiger partial charge in [0.15, 0.2) is 0 Å². The first-order valence-electron chi connectivity index (χ1n) is 8.76. The minimum absolute atomic E-state index is 0.102. The molecule has 1 saturated carbocycles. The monoisotopic (exact) mass is 321 g/mol. The van der Waals surface area contributed by atoms with Gasteiger partial charge in [-0.1, -0.05) is 12.3 Å². The zero-order valence-electron chi connectivity index (χ0n) is 14.4. The molecule has 1 saturated heterocycles. The van der Waals surface area contributed by atoms with E-state index >= 15 is 0 Å². The molecule has 2 aromatic heterocycles. The Bertz CT molecular complexity index is 905. The molecule has 1 aliphatic heterocycles. The largest absolute Gasteiger partial charge is 0.370 e. The van der Waals surface area contributed by atoms with Gasteiger partial charge >= 0.3 is 0 Å². The minimum atomic E-state index is -0.102. The number of aryl methyl sites for hydroxylation is 2. The summed E-state index contributed by atoms with van der Waals surface area (Å²) < 4.78 is 1.62. The molecule has 24 heavy (non-hydrogen) atoms. The molecule has 0 radical (unpaired) electrons. The molecule has 0 aromatic carbocycles. The summed E-state index contributed by atoms with van der Waals surface area (Å²) in [7, 11) is 1.77. The van der Waals surface area contributed by atoms with E-state index in [1.54, 1.807) is 17.8 Å². The van der Waals surface area contributed by atoms with Gasteiger partial charge in [-0.25, -0.2) is 0 Å². The quantitative estimate of drug-likeness (QED) is 0.758. The van der Waals surface area contributed by atoms with E-state index in [2.05, 4.69) is 21.9 Å². The van der Waals surface area contributed by atoms with Crippen molar-refractivity contribution < 1.29 is 0 Å². The minimum Gasteiger partial charge on any atom is -0.370 e. The number of hydrogen-bond donors (Lipinski definition) is 0. The van der Waals surface area contributed by atoms with E-state index in [1.165, 1.54) is 32.1 Å². The fraction of sp³-hybridized carbons (Fsp3) is 0.500. The lowest BCUT2D eigenvalue weighted by atomic mass is 9.63. The highest BCUT2D eigenvalue weighted by molar-refractivity contribution is 5.95. The number of aromatic nitrogens is 2. The van der Waals surface area contributed by atoms with Crippen LogP contribution in [0.1, 0.15) is 43.4 Å². The molecular weight excluding hydrogens is 298 g/mol. The molecule has 0 atom stereocenters. The lowest BCUT2D eigenvalue weighted by molar-refractivity contribution is 0.0956. The summed E-state index contributed by atoms with van der Waals surface area (Å²) in [5.74, 6) is 2.67. The van der Waals surface area contributed by atoms with Crippen molar-refractivity contribution in [1.29, 1.82) is 0 Å². The molecular formula is C20H23N3O. The Labute approximate surface area is 142 Å². The van der Waals surface area contributed by atoms with Crippen LogP contribution < -0.4 is 10.5 Å². The number of fused-ring (bicyclic) bond motifs is 1. The van der Waals surface area contributed by atoms with E-state index in [9.17, 15) is 4.79 Å². The zero-order valence-corrected chi connectivity index (χ0v) is 14.4. The number of nitrogens with zero attached hydrogens (tertiary/aromatic N) is 3. The number of rotatable bonds is 1. The Morgan fingerprint density at radius 3 is 2.54 bits per heavy atom. The van der Waals surface area contributed by atoms with Crippen molar-refractivity contribution >= 4 is 16.6 Å². The molecule has 1 aliphatic carbocycles. The SMILES string of the molecule is C#Cc1c(N2CCC3(CCC3)CC2)c2cc(C)ncc2n(C)c1=O. The maximum Gasteiger partial charge on any atom is 0.268 e. The van der Waals surface area contributed by atoms with Crippen LogP contribution in [0.3, 0.4) is 0 Å². The van der Waals surface area contributed by atoms with Gasteiger partial charge in [-0.2, -0.15) is 0 Å². The summed E-state index contributed by atoms with van der Waals surface area (Å²) in [6, 6.07) is 2.05. The highest BCUT2D eigenvalue weighted by Crippen LogP contribution is 2.49. The fourth-order valence-electron chi connectivity index (χ4n) is 4.36. The van der Waals surface area contributed by atoms with Gasteiger partial charge in [-0.05, 0) is 44.1 Å². The first-order valence-corrected chi connectivity index (χ1v) is 8.76. The first-order chi connectivity index (χ1) is 11.5. The van der Waals surface area contributed by atoms with Crippen molar-refractivity contribution in [1.82, 2.24) is 9.55 Å². The second-order valence-electron chi connectivity index (χ2n) is 7.42. The van der Waals surface area contributed by atoms with Crippen LogP contribution in [0.15, 0.2) is 17.1 Å². The molecule has 1 spiro atoms. The summed E-state index contributed by atoms with van der Waals surface area (Å²) >= 11 is 0. The van der Waals surface area contributed by atoms with Crippen LogP contribution in [0.4, 0.5) is 5.69 Å². The van der Waals surface area contributed by atoms with Crippen LogP contribution >= 0.6 is 0 Å². The van der Waals surface area contributed by atoms with Crippen molar-refractivity contribution in [2.24, 2.45) is 12.5 Å². The summed E-state index contributed by atoms with van der Waals surface area (Å²) in [5.41, 5.74) is 3.69. The maximum absolute atomic E-state index is 12.7. The van der Waals surface area contributed by atoms with Crippen LogP contribution in [0.2, 0.25) is 0 Å². The molecule has 2 aliphatic rings. The highest BCUT2D eigenvalue weighted by Gasteiger charge is 2.40. The number of hydrogen-bond acceptors (Lipinski definition) is 3. The Balaban J connectivity index is 1.87. The predicted molar refractivity (Wildman–Crippen MR) is 97.4 cm³/mol. The molecule has 4 heteroatoms. The molecule has 2 fully saturated rings. The molecule has 124 valence electrons. The standard InChI is InChI=1S/C20H23N3O/c1-4-15-18(23-10-8-20(9-11-23)6-5-7-20)16-12-14(2)21-13-17(16)22(3)19(15)24/h1,12-13H,5-11H2,2-3H3. The van der Waals surface area contributed by atoms with Crippen molar-refractivity contribution in [3.63, 3.8) is 0 Å². The average molecular weight is 321 g/mol. The fourth-order valence-corrected chi connectivity index (χ4v) is 4.36. The van der Waals surface area contributed by atoms with E-state index in [4.69, 9.17) is 6.42 Å². The Morgan fingerprint density at radius 2 is 1.96 bits per heavy atom. The third-order valence-corrected chi connectivity index (χ3v) is 6.09. The van der Waals surface area contributed by atoms with Gasteiger partial charge in [0.25, 0.3) is 5.56 Å². The number of pyridine rings is 2. The second-order valence-corrected chi connectivity index (χ2v) is 7.42. The molecule has 0 unspecified atom stereocenters. The molecule has 2 aromatic rings. The Hall–Kier alpha value is -2.28. The molecule has 3 heterocycles. The van der Waals surface area contributed by atoms with E-state index in [0.29, 0.717) is 11.0 Å².